The Hall–Kier alpha value is -2.34. The summed E-state index contributed by atoms with van der Waals surface area (Å²) in [6, 6.07) is 15.4. The molecule has 2 aromatic carbocycles. The van der Waals surface area contributed by atoms with E-state index in [-0.39, 0.29) is 17.8 Å². The normalized spacial score (nSPS) is 17.5. The summed E-state index contributed by atoms with van der Waals surface area (Å²) in [5, 5.41) is 2.86. The number of aryl methyl sites for hydroxylation is 1. The molecular formula is C19H22N2O3S. The highest BCUT2D eigenvalue weighted by molar-refractivity contribution is 7.91. The molecule has 5 nitrogen and oxygen atoms in total. The first-order valence-electron chi connectivity index (χ1n) is 8.38. The molecule has 1 saturated heterocycles. The van der Waals surface area contributed by atoms with Gasteiger partial charge in [0.15, 0.2) is 9.84 Å². The Labute approximate surface area is 148 Å². The molecule has 1 heterocycles. The summed E-state index contributed by atoms with van der Waals surface area (Å²) < 4.78 is 25.2. The van der Waals surface area contributed by atoms with Crippen LogP contribution < -0.4 is 5.32 Å². The standard InChI is InChI=1S/C19H22N2O3S/c1-15-9-11-16(12-10-15)20-19(22)21-13-5-6-17(21)14-25(23,24)18-7-3-2-4-8-18/h2-4,7-12,17H,5-6,13-14H2,1H3,(H,20,22). The number of sulfone groups is 1. The van der Waals surface area contributed by atoms with E-state index in [1.807, 2.05) is 31.2 Å². The summed E-state index contributed by atoms with van der Waals surface area (Å²) in [5.41, 5.74) is 1.83. The van der Waals surface area contributed by atoms with Crippen molar-refractivity contribution in [2.24, 2.45) is 0 Å². The lowest BCUT2D eigenvalue weighted by Crippen LogP contribution is -2.42. The molecule has 3 rings (SSSR count). The average Bonchev–Trinajstić information content (AvgIpc) is 3.05. The van der Waals surface area contributed by atoms with E-state index in [9.17, 15) is 13.2 Å². The van der Waals surface area contributed by atoms with E-state index in [2.05, 4.69) is 5.32 Å². The molecule has 0 spiro atoms. The van der Waals surface area contributed by atoms with Crippen LogP contribution in [0.2, 0.25) is 0 Å². The predicted molar refractivity (Wildman–Crippen MR) is 98.4 cm³/mol. The second kappa shape index (κ2) is 7.27. The van der Waals surface area contributed by atoms with Crippen LogP contribution in [0.4, 0.5) is 10.5 Å². The molecule has 0 aliphatic carbocycles. The minimum atomic E-state index is -3.41. The average molecular weight is 358 g/mol. The molecule has 1 fully saturated rings. The zero-order chi connectivity index (χ0) is 17.9. The molecular weight excluding hydrogens is 336 g/mol. The van der Waals surface area contributed by atoms with Gasteiger partial charge in [-0.3, -0.25) is 0 Å². The van der Waals surface area contributed by atoms with Crippen LogP contribution in [0, 0.1) is 6.92 Å². The molecule has 1 aliphatic heterocycles. The highest BCUT2D eigenvalue weighted by Gasteiger charge is 2.33. The van der Waals surface area contributed by atoms with Crippen molar-refractivity contribution < 1.29 is 13.2 Å². The topological polar surface area (TPSA) is 66.5 Å². The van der Waals surface area contributed by atoms with Crippen molar-refractivity contribution >= 4 is 21.6 Å². The van der Waals surface area contributed by atoms with Gasteiger partial charge in [-0.2, -0.15) is 0 Å². The Morgan fingerprint density at radius 3 is 2.48 bits per heavy atom. The largest absolute Gasteiger partial charge is 0.322 e. The maximum absolute atomic E-state index is 12.6. The third-order valence-corrected chi connectivity index (χ3v) is 6.27. The Morgan fingerprint density at radius 1 is 1.12 bits per heavy atom. The van der Waals surface area contributed by atoms with Gasteiger partial charge >= 0.3 is 6.03 Å². The second-order valence-electron chi connectivity index (χ2n) is 6.38. The summed E-state index contributed by atoms with van der Waals surface area (Å²) >= 11 is 0. The molecule has 2 amide bonds. The number of amides is 2. The summed E-state index contributed by atoms with van der Waals surface area (Å²) in [6.07, 6.45) is 1.52. The lowest BCUT2D eigenvalue weighted by Gasteiger charge is -2.25. The van der Waals surface area contributed by atoms with Gasteiger partial charge in [0, 0.05) is 18.3 Å². The first-order chi connectivity index (χ1) is 12.0. The molecule has 6 heteroatoms. The fraction of sp³-hybridized carbons (Fsp3) is 0.316. The predicted octanol–water partition coefficient (Wildman–Crippen LogP) is 3.47. The molecule has 0 aromatic heterocycles. The minimum absolute atomic E-state index is 0.0433. The van der Waals surface area contributed by atoms with Gasteiger partial charge in [0.05, 0.1) is 10.6 Å². The fourth-order valence-electron chi connectivity index (χ4n) is 3.09. The maximum atomic E-state index is 12.6. The molecule has 0 radical (unpaired) electrons. The van der Waals surface area contributed by atoms with E-state index < -0.39 is 9.84 Å². The van der Waals surface area contributed by atoms with E-state index in [0.29, 0.717) is 23.5 Å². The molecule has 2 aromatic rings. The van der Waals surface area contributed by atoms with E-state index >= 15 is 0 Å². The van der Waals surface area contributed by atoms with Crippen LogP contribution in [0.3, 0.4) is 0 Å². The van der Waals surface area contributed by atoms with Crippen LogP contribution >= 0.6 is 0 Å². The van der Waals surface area contributed by atoms with Crippen molar-refractivity contribution in [1.29, 1.82) is 0 Å². The number of carbonyl (C=O) groups excluding carboxylic acids is 1. The third kappa shape index (κ3) is 4.20. The molecule has 132 valence electrons. The van der Waals surface area contributed by atoms with Crippen LogP contribution in [0.1, 0.15) is 18.4 Å². The number of hydrogen-bond donors (Lipinski definition) is 1. The van der Waals surface area contributed by atoms with Gasteiger partial charge in [-0.1, -0.05) is 35.9 Å². The zero-order valence-electron chi connectivity index (χ0n) is 14.2. The number of nitrogens with one attached hydrogen (secondary N) is 1. The van der Waals surface area contributed by atoms with Crippen molar-refractivity contribution in [3.05, 3.63) is 60.2 Å². The molecule has 0 saturated carbocycles. The van der Waals surface area contributed by atoms with Gasteiger partial charge in [-0.15, -0.1) is 0 Å². The van der Waals surface area contributed by atoms with Crippen molar-refractivity contribution in [2.75, 3.05) is 17.6 Å². The number of likely N-dealkylation sites (tertiary alicyclic amines) is 1. The number of carbonyl (C=O) groups is 1. The molecule has 1 aliphatic rings. The number of hydrogen-bond acceptors (Lipinski definition) is 3. The van der Waals surface area contributed by atoms with Gasteiger partial charge in [0.25, 0.3) is 0 Å². The summed E-state index contributed by atoms with van der Waals surface area (Å²) in [6.45, 7) is 2.56. The van der Waals surface area contributed by atoms with E-state index in [1.165, 1.54) is 0 Å². The molecule has 1 unspecified atom stereocenters. The maximum Gasteiger partial charge on any atom is 0.322 e. The smallest absolute Gasteiger partial charge is 0.321 e. The highest BCUT2D eigenvalue weighted by Crippen LogP contribution is 2.23. The van der Waals surface area contributed by atoms with Crippen molar-refractivity contribution in [2.45, 2.75) is 30.7 Å². The number of nitrogens with zero attached hydrogens (tertiary/aromatic N) is 1. The lowest BCUT2D eigenvalue weighted by molar-refractivity contribution is 0.210. The number of rotatable bonds is 4. The van der Waals surface area contributed by atoms with Crippen LogP contribution in [0.25, 0.3) is 0 Å². The molecule has 25 heavy (non-hydrogen) atoms. The second-order valence-corrected chi connectivity index (χ2v) is 8.41. The highest BCUT2D eigenvalue weighted by atomic mass is 32.2. The van der Waals surface area contributed by atoms with Gasteiger partial charge < -0.3 is 10.2 Å². The fourth-order valence-corrected chi connectivity index (χ4v) is 4.70. The Balaban J connectivity index is 1.70. The van der Waals surface area contributed by atoms with Crippen molar-refractivity contribution in [3.63, 3.8) is 0 Å². The quantitative estimate of drug-likeness (QED) is 0.910. The monoisotopic (exact) mass is 358 g/mol. The summed E-state index contributed by atoms with van der Waals surface area (Å²) in [4.78, 5) is 14.5. The van der Waals surface area contributed by atoms with Crippen LogP contribution in [0.5, 0.6) is 0 Å². The molecule has 1 atom stereocenters. The first-order valence-corrected chi connectivity index (χ1v) is 10.0. The Bertz CT molecular complexity index is 833. The van der Waals surface area contributed by atoms with E-state index in [1.54, 1.807) is 35.2 Å². The zero-order valence-corrected chi connectivity index (χ0v) is 15.0. The van der Waals surface area contributed by atoms with Gasteiger partial charge in [0.2, 0.25) is 0 Å². The van der Waals surface area contributed by atoms with E-state index in [4.69, 9.17) is 0 Å². The molecule has 1 N–H and O–H groups in total. The van der Waals surface area contributed by atoms with Crippen LogP contribution in [0.15, 0.2) is 59.5 Å². The number of benzene rings is 2. The summed E-state index contributed by atoms with van der Waals surface area (Å²) in [5.74, 6) is -0.0433. The number of anilines is 1. The lowest BCUT2D eigenvalue weighted by atomic mass is 10.2. The van der Waals surface area contributed by atoms with Gasteiger partial charge in [0.1, 0.15) is 0 Å². The van der Waals surface area contributed by atoms with E-state index in [0.717, 1.165) is 12.0 Å². The third-order valence-electron chi connectivity index (χ3n) is 4.45. The Morgan fingerprint density at radius 2 is 1.80 bits per heavy atom. The van der Waals surface area contributed by atoms with Crippen LogP contribution in [-0.4, -0.2) is 37.7 Å². The first kappa shape index (κ1) is 17.5. The molecule has 0 bridgehead atoms. The number of urea groups is 1. The van der Waals surface area contributed by atoms with Crippen molar-refractivity contribution in [1.82, 2.24) is 4.90 Å². The Kier molecular flexibility index (Phi) is 5.08. The van der Waals surface area contributed by atoms with Gasteiger partial charge in [-0.05, 0) is 44.0 Å². The SMILES string of the molecule is Cc1ccc(NC(=O)N2CCCC2CS(=O)(=O)c2ccccc2)cc1. The van der Waals surface area contributed by atoms with Crippen molar-refractivity contribution in [3.8, 4) is 0 Å². The summed E-state index contributed by atoms with van der Waals surface area (Å²) in [7, 11) is -3.41. The van der Waals surface area contributed by atoms with Crippen LogP contribution in [-0.2, 0) is 9.84 Å². The minimum Gasteiger partial charge on any atom is -0.321 e. The van der Waals surface area contributed by atoms with Gasteiger partial charge in [-0.25, -0.2) is 13.2 Å².